The van der Waals surface area contributed by atoms with Crippen molar-refractivity contribution < 1.29 is 9.26 Å². The predicted molar refractivity (Wildman–Crippen MR) is 55.9 cm³/mol. The van der Waals surface area contributed by atoms with E-state index in [0.29, 0.717) is 19.0 Å². The first-order valence-electron chi connectivity index (χ1n) is 5.08. The quantitative estimate of drug-likeness (QED) is 0.718. The Bertz CT molecular complexity index is 540. The molecule has 2 heterocycles. The molecule has 0 amide bonds. The maximum absolute atomic E-state index is 11.5. The fraction of sp³-hybridized carbons (Fsp3) is 0.273. The Morgan fingerprint density at radius 1 is 1.38 bits per heavy atom. The van der Waals surface area contributed by atoms with Crippen LogP contribution in [0.25, 0.3) is 11.4 Å². The summed E-state index contributed by atoms with van der Waals surface area (Å²) in [5.41, 5.74) is 0.869. The number of rotatable bonds is 3. The predicted octanol–water partition coefficient (Wildman–Crippen LogP) is 0.902. The summed E-state index contributed by atoms with van der Waals surface area (Å²) in [5, 5.41) is 3.79. The smallest absolute Gasteiger partial charge is 0.371 e. The molecule has 2 aromatic rings. The lowest BCUT2D eigenvalue weighted by Gasteiger charge is -2.01. The maximum Gasteiger partial charge on any atom is 0.441 e. The Kier molecular flexibility index (Phi) is 2.11. The van der Waals surface area contributed by atoms with Gasteiger partial charge in [-0.05, 0) is 0 Å². The Hall–Kier alpha value is -1.88. The highest BCUT2D eigenvalue weighted by atomic mass is 16.6. The summed E-state index contributed by atoms with van der Waals surface area (Å²) in [4.78, 5) is 11.5. The van der Waals surface area contributed by atoms with Gasteiger partial charge in [-0.1, -0.05) is 35.5 Å². The molecule has 16 heavy (non-hydrogen) atoms. The van der Waals surface area contributed by atoms with E-state index in [1.807, 2.05) is 30.3 Å². The number of aromatic nitrogens is 2. The zero-order valence-corrected chi connectivity index (χ0v) is 8.50. The van der Waals surface area contributed by atoms with Crippen molar-refractivity contribution >= 4 is 0 Å². The van der Waals surface area contributed by atoms with Crippen molar-refractivity contribution in [2.75, 3.05) is 6.61 Å². The Morgan fingerprint density at radius 3 is 2.81 bits per heavy atom. The van der Waals surface area contributed by atoms with Crippen molar-refractivity contribution in [3.63, 3.8) is 0 Å². The Balaban J connectivity index is 2.03. The second-order valence-corrected chi connectivity index (χ2v) is 3.70. The fourth-order valence-corrected chi connectivity index (χ4v) is 1.60. The van der Waals surface area contributed by atoms with Gasteiger partial charge in [-0.25, -0.2) is 4.79 Å². The zero-order chi connectivity index (χ0) is 11.0. The molecule has 1 atom stereocenters. The number of hydrogen-bond acceptors (Lipinski definition) is 4. The van der Waals surface area contributed by atoms with Crippen LogP contribution in [0.2, 0.25) is 0 Å². The van der Waals surface area contributed by atoms with E-state index < -0.39 is 5.76 Å². The minimum atomic E-state index is -0.436. The van der Waals surface area contributed by atoms with Crippen molar-refractivity contribution in [1.82, 2.24) is 9.72 Å². The van der Waals surface area contributed by atoms with Crippen molar-refractivity contribution in [2.45, 2.75) is 12.6 Å². The van der Waals surface area contributed by atoms with E-state index in [4.69, 9.17) is 4.74 Å². The van der Waals surface area contributed by atoms with Crippen molar-refractivity contribution in [1.29, 1.82) is 0 Å². The van der Waals surface area contributed by atoms with E-state index in [1.165, 1.54) is 4.57 Å². The van der Waals surface area contributed by atoms with Gasteiger partial charge in [-0.3, -0.25) is 9.09 Å². The van der Waals surface area contributed by atoms with Crippen LogP contribution in [-0.2, 0) is 11.3 Å². The van der Waals surface area contributed by atoms with Crippen LogP contribution in [0, 0.1) is 0 Å². The molecule has 0 radical (unpaired) electrons. The van der Waals surface area contributed by atoms with Gasteiger partial charge in [0.1, 0.15) is 0 Å². The summed E-state index contributed by atoms with van der Waals surface area (Å²) in [6, 6.07) is 9.48. The van der Waals surface area contributed by atoms with E-state index in [0.717, 1.165) is 5.56 Å². The monoisotopic (exact) mass is 218 g/mol. The summed E-state index contributed by atoms with van der Waals surface area (Å²) in [6.07, 6.45) is 0.125. The Morgan fingerprint density at radius 2 is 2.12 bits per heavy atom. The van der Waals surface area contributed by atoms with Crippen LogP contribution in [0.15, 0.2) is 39.6 Å². The van der Waals surface area contributed by atoms with E-state index >= 15 is 0 Å². The Labute approximate surface area is 91.2 Å². The molecule has 0 aliphatic carbocycles. The molecular weight excluding hydrogens is 208 g/mol. The molecule has 0 saturated carbocycles. The summed E-state index contributed by atoms with van der Waals surface area (Å²) in [5.74, 6) is 0.121. The van der Waals surface area contributed by atoms with E-state index in [9.17, 15) is 4.79 Å². The second kappa shape index (κ2) is 3.61. The molecule has 1 aliphatic heterocycles. The van der Waals surface area contributed by atoms with Crippen LogP contribution in [0.1, 0.15) is 0 Å². The molecule has 0 N–H and O–H groups in total. The first-order valence-corrected chi connectivity index (χ1v) is 5.08. The van der Waals surface area contributed by atoms with Crippen LogP contribution >= 0.6 is 0 Å². The average molecular weight is 218 g/mol. The van der Waals surface area contributed by atoms with E-state index in [-0.39, 0.29) is 6.10 Å². The molecule has 1 aliphatic rings. The average Bonchev–Trinajstić information content (AvgIpc) is 3.06. The highest BCUT2D eigenvalue weighted by Gasteiger charge is 2.26. The van der Waals surface area contributed by atoms with Gasteiger partial charge in [0.25, 0.3) is 0 Å². The molecule has 3 rings (SSSR count). The normalized spacial score (nSPS) is 18.6. The van der Waals surface area contributed by atoms with Crippen LogP contribution in [0.3, 0.4) is 0 Å². The maximum atomic E-state index is 11.5. The van der Waals surface area contributed by atoms with Gasteiger partial charge >= 0.3 is 5.76 Å². The molecule has 5 heteroatoms. The number of ether oxygens (including phenoxy) is 1. The van der Waals surface area contributed by atoms with Gasteiger partial charge in [0, 0.05) is 5.56 Å². The largest absolute Gasteiger partial charge is 0.441 e. The summed E-state index contributed by atoms with van der Waals surface area (Å²) in [7, 11) is 0. The van der Waals surface area contributed by atoms with Gasteiger partial charge in [0.2, 0.25) is 0 Å². The third-order valence-corrected chi connectivity index (χ3v) is 2.51. The lowest BCUT2D eigenvalue weighted by atomic mass is 10.2. The highest BCUT2D eigenvalue weighted by molar-refractivity contribution is 5.54. The van der Waals surface area contributed by atoms with Crippen LogP contribution < -0.4 is 5.76 Å². The van der Waals surface area contributed by atoms with E-state index in [2.05, 4.69) is 9.68 Å². The van der Waals surface area contributed by atoms with Gasteiger partial charge in [-0.2, -0.15) is 0 Å². The van der Waals surface area contributed by atoms with Crippen molar-refractivity contribution in [3.05, 3.63) is 40.9 Å². The third kappa shape index (κ3) is 1.65. The molecule has 1 aromatic heterocycles. The van der Waals surface area contributed by atoms with Gasteiger partial charge in [-0.15, -0.1) is 0 Å². The zero-order valence-electron chi connectivity index (χ0n) is 8.50. The van der Waals surface area contributed by atoms with Crippen molar-refractivity contribution in [3.8, 4) is 11.4 Å². The van der Waals surface area contributed by atoms with Crippen LogP contribution in [-0.4, -0.2) is 22.4 Å². The highest BCUT2D eigenvalue weighted by Crippen LogP contribution is 2.18. The molecular formula is C11H10N2O3. The molecule has 1 saturated heterocycles. The van der Waals surface area contributed by atoms with Gasteiger partial charge < -0.3 is 4.74 Å². The van der Waals surface area contributed by atoms with Crippen LogP contribution in [0.5, 0.6) is 0 Å². The first kappa shape index (κ1) is 9.35. The second-order valence-electron chi connectivity index (χ2n) is 3.70. The number of epoxide rings is 1. The minimum absolute atomic E-state index is 0.125. The van der Waals surface area contributed by atoms with Crippen LogP contribution in [0.4, 0.5) is 0 Å². The molecule has 1 fully saturated rings. The molecule has 82 valence electrons. The van der Waals surface area contributed by atoms with Crippen molar-refractivity contribution in [2.24, 2.45) is 0 Å². The molecule has 0 bridgehead atoms. The number of nitrogens with zero attached hydrogens (tertiary/aromatic N) is 2. The lowest BCUT2D eigenvalue weighted by molar-refractivity contribution is 0.353. The first-order chi connectivity index (χ1) is 7.84. The molecule has 1 unspecified atom stereocenters. The third-order valence-electron chi connectivity index (χ3n) is 2.51. The summed E-state index contributed by atoms with van der Waals surface area (Å²) >= 11 is 0. The van der Waals surface area contributed by atoms with Gasteiger partial charge in [0.05, 0.1) is 19.3 Å². The number of benzene rings is 1. The topological polar surface area (TPSA) is 60.6 Å². The minimum Gasteiger partial charge on any atom is -0.371 e. The standard InChI is InChI=1S/C11H10N2O3/c14-11-13(6-9-7-15-9)10(12-16-11)8-4-2-1-3-5-8/h1-5,9H,6-7H2. The lowest BCUT2D eigenvalue weighted by Crippen LogP contribution is -2.18. The number of hydrogen-bond donors (Lipinski definition) is 0. The molecule has 5 nitrogen and oxygen atoms in total. The SMILES string of the molecule is O=c1onc(-c2ccccc2)n1CC1CO1. The summed E-state index contributed by atoms with van der Waals surface area (Å²) in [6.45, 7) is 1.21. The van der Waals surface area contributed by atoms with E-state index in [1.54, 1.807) is 0 Å². The molecule has 1 aromatic carbocycles. The molecule has 0 spiro atoms. The fourth-order valence-electron chi connectivity index (χ4n) is 1.60. The summed E-state index contributed by atoms with van der Waals surface area (Å²) < 4.78 is 11.3. The van der Waals surface area contributed by atoms with Gasteiger partial charge in [0.15, 0.2) is 5.82 Å².